The van der Waals surface area contributed by atoms with Crippen LogP contribution in [0, 0.1) is 0 Å². The zero-order chi connectivity index (χ0) is 12.1. The molecule has 1 aromatic heterocycles. The Morgan fingerprint density at radius 1 is 1.35 bits per heavy atom. The Labute approximate surface area is 108 Å². The fraction of sp³-hybridized carbons (Fsp3) is 0.167. The van der Waals surface area contributed by atoms with Crippen molar-refractivity contribution in [2.75, 3.05) is 5.33 Å². The smallest absolute Gasteiger partial charge is 0.230 e. The normalized spacial score (nSPS) is 10.2. The van der Waals surface area contributed by atoms with E-state index in [2.05, 4.69) is 26.3 Å². The number of nitrogens with zero attached hydrogens (tertiary/aromatic N) is 2. The molecule has 0 fully saturated rings. The Morgan fingerprint density at radius 2 is 2.12 bits per heavy atom. The molecule has 0 atom stereocenters. The van der Waals surface area contributed by atoms with Crippen LogP contribution in [-0.4, -0.2) is 21.0 Å². The maximum absolute atomic E-state index is 11.1. The van der Waals surface area contributed by atoms with E-state index in [0.717, 1.165) is 11.3 Å². The fourth-order valence-electron chi connectivity index (χ4n) is 1.42. The van der Waals surface area contributed by atoms with E-state index in [4.69, 9.17) is 0 Å². The zero-order valence-corrected chi connectivity index (χ0v) is 10.7. The third kappa shape index (κ3) is 3.17. The van der Waals surface area contributed by atoms with Crippen molar-refractivity contribution < 1.29 is 4.79 Å². The number of para-hydroxylation sites is 1. The van der Waals surface area contributed by atoms with E-state index < -0.39 is 0 Å². The predicted octanol–water partition coefficient (Wildman–Crippen LogP) is 1.88. The number of rotatable bonds is 4. The molecule has 1 aromatic carbocycles. The summed E-state index contributed by atoms with van der Waals surface area (Å²) < 4.78 is 1.79. The summed E-state index contributed by atoms with van der Waals surface area (Å²) in [7, 11) is 0. The second kappa shape index (κ2) is 5.63. The number of carbonyl (C=O) groups is 1. The highest BCUT2D eigenvalue weighted by Gasteiger charge is 2.02. The van der Waals surface area contributed by atoms with Crippen LogP contribution in [0.4, 0.5) is 0 Å². The first kappa shape index (κ1) is 11.9. The Hall–Kier alpha value is -1.62. The predicted molar refractivity (Wildman–Crippen MR) is 69.2 cm³/mol. The van der Waals surface area contributed by atoms with Crippen LogP contribution in [-0.2, 0) is 11.3 Å². The van der Waals surface area contributed by atoms with Gasteiger partial charge in [-0.05, 0) is 12.1 Å². The SMILES string of the molecule is O=C(CBr)NCc1cnn(-c2ccccc2)c1. The van der Waals surface area contributed by atoms with Crippen LogP contribution in [0.2, 0.25) is 0 Å². The van der Waals surface area contributed by atoms with E-state index in [1.807, 2.05) is 36.5 Å². The van der Waals surface area contributed by atoms with Crippen molar-refractivity contribution in [2.45, 2.75) is 6.54 Å². The molecule has 88 valence electrons. The highest BCUT2D eigenvalue weighted by molar-refractivity contribution is 9.09. The average Bonchev–Trinajstić information content (AvgIpc) is 2.86. The largest absolute Gasteiger partial charge is 0.351 e. The number of amides is 1. The molecule has 0 aliphatic heterocycles. The number of hydrogen-bond donors (Lipinski definition) is 1. The lowest BCUT2D eigenvalue weighted by atomic mass is 10.3. The van der Waals surface area contributed by atoms with Crippen LogP contribution in [0.25, 0.3) is 5.69 Å². The summed E-state index contributed by atoms with van der Waals surface area (Å²) in [6.45, 7) is 0.497. The molecule has 17 heavy (non-hydrogen) atoms. The van der Waals surface area contributed by atoms with Crippen LogP contribution in [0.1, 0.15) is 5.56 Å². The van der Waals surface area contributed by atoms with Crippen LogP contribution >= 0.6 is 15.9 Å². The average molecular weight is 294 g/mol. The van der Waals surface area contributed by atoms with Gasteiger partial charge in [0.2, 0.25) is 5.91 Å². The maximum Gasteiger partial charge on any atom is 0.230 e. The van der Waals surface area contributed by atoms with Crippen molar-refractivity contribution in [3.63, 3.8) is 0 Å². The standard InChI is InChI=1S/C12H12BrN3O/c13-6-12(17)14-7-10-8-15-16(9-10)11-4-2-1-3-5-11/h1-5,8-9H,6-7H2,(H,14,17). The number of aromatic nitrogens is 2. The number of hydrogen-bond acceptors (Lipinski definition) is 2. The zero-order valence-electron chi connectivity index (χ0n) is 9.14. The molecule has 0 aliphatic carbocycles. The second-order valence-electron chi connectivity index (χ2n) is 3.54. The van der Waals surface area contributed by atoms with Crippen molar-refractivity contribution in [3.8, 4) is 5.69 Å². The van der Waals surface area contributed by atoms with Gasteiger partial charge in [-0.2, -0.15) is 5.10 Å². The molecule has 0 aliphatic rings. The highest BCUT2D eigenvalue weighted by atomic mass is 79.9. The molecule has 0 saturated carbocycles. The van der Waals surface area contributed by atoms with Gasteiger partial charge < -0.3 is 5.32 Å². The van der Waals surface area contributed by atoms with E-state index in [-0.39, 0.29) is 5.91 Å². The summed E-state index contributed by atoms with van der Waals surface area (Å²) in [5.41, 5.74) is 1.98. The molecule has 1 heterocycles. The van der Waals surface area contributed by atoms with E-state index in [9.17, 15) is 4.79 Å². The van der Waals surface area contributed by atoms with Crippen molar-refractivity contribution in [2.24, 2.45) is 0 Å². The molecule has 2 rings (SSSR count). The summed E-state index contributed by atoms with van der Waals surface area (Å²) in [5.74, 6) is -0.0301. The molecule has 2 aromatic rings. The maximum atomic E-state index is 11.1. The minimum Gasteiger partial charge on any atom is -0.351 e. The third-order valence-corrected chi connectivity index (χ3v) is 2.78. The molecule has 1 amide bonds. The number of carbonyl (C=O) groups excluding carboxylic acids is 1. The minimum atomic E-state index is -0.0301. The fourth-order valence-corrected chi connectivity index (χ4v) is 1.62. The molecule has 0 spiro atoms. The summed E-state index contributed by atoms with van der Waals surface area (Å²) >= 11 is 3.10. The highest BCUT2D eigenvalue weighted by Crippen LogP contribution is 2.07. The third-order valence-electron chi connectivity index (χ3n) is 2.27. The van der Waals surface area contributed by atoms with Crippen molar-refractivity contribution in [1.82, 2.24) is 15.1 Å². The van der Waals surface area contributed by atoms with E-state index >= 15 is 0 Å². The minimum absolute atomic E-state index is 0.0301. The molecular weight excluding hydrogens is 282 g/mol. The van der Waals surface area contributed by atoms with Gasteiger partial charge in [-0.25, -0.2) is 4.68 Å². The van der Waals surface area contributed by atoms with Crippen LogP contribution in [0.3, 0.4) is 0 Å². The molecule has 1 N–H and O–H groups in total. The first-order valence-electron chi connectivity index (χ1n) is 5.21. The number of halogens is 1. The first-order chi connectivity index (χ1) is 8.29. The Bertz CT molecular complexity index is 495. The molecule has 0 unspecified atom stereocenters. The first-order valence-corrected chi connectivity index (χ1v) is 6.33. The van der Waals surface area contributed by atoms with Crippen LogP contribution < -0.4 is 5.32 Å². The molecule has 4 nitrogen and oxygen atoms in total. The van der Waals surface area contributed by atoms with Crippen LogP contribution in [0.15, 0.2) is 42.7 Å². The van der Waals surface area contributed by atoms with E-state index in [0.29, 0.717) is 11.9 Å². The Kier molecular flexibility index (Phi) is 3.93. The lowest BCUT2D eigenvalue weighted by Gasteiger charge is -2.00. The van der Waals surface area contributed by atoms with Gasteiger partial charge in [0.25, 0.3) is 0 Å². The van der Waals surface area contributed by atoms with Crippen molar-refractivity contribution in [1.29, 1.82) is 0 Å². The van der Waals surface area contributed by atoms with Gasteiger partial charge in [0.15, 0.2) is 0 Å². The molecular formula is C12H12BrN3O. The van der Waals surface area contributed by atoms with Crippen molar-refractivity contribution >= 4 is 21.8 Å². The molecule has 0 bridgehead atoms. The van der Waals surface area contributed by atoms with Gasteiger partial charge in [0.05, 0.1) is 17.2 Å². The monoisotopic (exact) mass is 293 g/mol. The lowest BCUT2D eigenvalue weighted by molar-refractivity contribution is -0.118. The number of alkyl halides is 1. The Balaban J connectivity index is 2.04. The summed E-state index contributed by atoms with van der Waals surface area (Å²) in [6, 6.07) is 9.85. The lowest BCUT2D eigenvalue weighted by Crippen LogP contribution is -2.23. The van der Waals surface area contributed by atoms with Gasteiger partial charge >= 0.3 is 0 Å². The Morgan fingerprint density at radius 3 is 2.82 bits per heavy atom. The van der Waals surface area contributed by atoms with Gasteiger partial charge in [-0.1, -0.05) is 34.1 Å². The van der Waals surface area contributed by atoms with Gasteiger partial charge in [0.1, 0.15) is 0 Å². The summed E-state index contributed by atoms with van der Waals surface area (Å²) in [4.78, 5) is 11.1. The van der Waals surface area contributed by atoms with E-state index in [1.165, 1.54) is 0 Å². The molecule has 5 heteroatoms. The van der Waals surface area contributed by atoms with Gasteiger partial charge in [-0.15, -0.1) is 0 Å². The topological polar surface area (TPSA) is 46.9 Å². The second-order valence-corrected chi connectivity index (χ2v) is 4.10. The van der Waals surface area contributed by atoms with Crippen molar-refractivity contribution in [3.05, 3.63) is 48.3 Å². The number of nitrogens with one attached hydrogen (secondary N) is 1. The molecule has 0 radical (unpaired) electrons. The van der Waals surface area contributed by atoms with Crippen LogP contribution in [0.5, 0.6) is 0 Å². The summed E-state index contributed by atoms with van der Waals surface area (Å²) in [5, 5.41) is 7.34. The number of benzene rings is 1. The van der Waals surface area contributed by atoms with Gasteiger partial charge in [0, 0.05) is 18.3 Å². The quantitative estimate of drug-likeness (QED) is 0.875. The van der Waals surface area contributed by atoms with E-state index in [1.54, 1.807) is 10.9 Å². The molecule has 0 saturated heterocycles. The summed E-state index contributed by atoms with van der Waals surface area (Å²) in [6.07, 6.45) is 3.66. The van der Waals surface area contributed by atoms with Gasteiger partial charge in [-0.3, -0.25) is 4.79 Å².